The molecule has 1 atom stereocenters. The van der Waals surface area contributed by atoms with Crippen molar-refractivity contribution in [1.82, 2.24) is 0 Å². The molecule has 2 aromatic rings. The second kappa shape index (κ2) is 7.67. The first kappa shape index (κ1) is 18.3. The predicted octanol–water partition coefficient (Wildman–Crippen LogP) is 2.73. The smallest absolute Gasteiger partial charge is 0.425 e. The Balaban J connectivity index is 2.43. The molecule has 1 heterocycles. The van der Waals surface area contributed by atoms with Crippen LogP contribution in [0.25, 0.3) is 10.4 Å². The number of thiophene rings is 1. The maximum atomic E-state index is 11.9. The number of hydrogen-bond donors (Lipinski definition) is 2. The summed E-state index contributed by atoms with van der Waals surface area (Å²) in [5.41, 5.74) is 8.44. The lowest BCUT2D eigenvalue weighted by atomic mass is 10.0. The molecule has 0 fully saturated rings. The van der Waals surface area contributed by atoms with E-state index >= 15 is 0 Å². The highest BCUT2D eigenvalue weighted by atomic mass is 32.2. The molecule has 9 heteroatoms. The van der Waals surface area contributed by atoms with E-state index in [1.807, 2.05) is 24.3 Å². The Morgan fingerprint density at radius 2 is 1.96 bits per heavy atom. The van der Waals surface area contributed by atoms with Crippen LogP contribution in [0.1, 0.15) is 28.4 Å². The molecular weight excluding hydrogens is 352 g/mol. The summed E-state index contributed by atoms with van der Waals surface area (Å²) in [6.07, 6.45) is -1.17. The van der Waals surface area contributed by atoms with Crippen molar-refractivity contribution in [1.29, 1.82) is 0 Å². The summed E-state index contributed by atoms with van der Waals surface area (Å²) in [4.78, 5) is 24.2. The van der Waals surface area contributed by atoms with E-state index in [0.717, 1.165) is 16.0 Å². The largest absolute Gasteiger partial charge is 0.740 e. The van der Waals surface area contributed by atoms with Gasteiger partial charge in [0.1, 0.15) is 16.4 Å². The predicted molar refractivity (Wildman–Crippen MR) is 91.4 cm³/mol. The summed E-state index contributed by atoms with van der Waals surface area (Å²) >= 11 is -1.81. The highest BCUT2D eigenvalue weighted by Gasteiger charge is 2.21. The number of anilines is 1. The van der Waals surface area contributed by atoms with Gasteiger partial charge in [-0.15, -0.1) is 11.3 Å². The van der Waals surface area contributed by atoms with Gasteiger partial charge < -0.3 is 14.5 Å². The first-order valence-electron chi connectivity index (χ1n) is 6.85. The first-order chi connectivity index (χ1) is 11.3. The van der Waals surface area contributed by atoms with Crippen LogP contribution in [-0.4, -0.2) is 20.6 Å². The van der Waals surface area contributed by atoms with Crippen molar-refractivity contribution in [2.45, 2.75) is 20.4 Å². The standard InChI is InChI=1S/C15H16N2O5S2/c1-8-12(9(2)18)14(17-15(19)22-24(20)21)23-13(8)11-5-3-10(7-16)4-6-11/h3-6H,7,16H2,1-2H3,(H,17,19)(H,20,21)/p-1. The van der Waals surface area contributed by atoms with Gasteiger partial charge in [0.05, 0.1) is 5.56 Å². The van der Waals surface area contributed by atoms with Crippen molar-refractivity contribution >= 4 is 39.6 Å². The summed E-state index contributed by atoms with van der Waals surface area (Å²) in [5.74, 6) is -0.243. The van der Waals surface area contributed by atoms with Crippen molar-refractivity contribution < 1.29 is 22.5 Å². The van der Waals surface area contributed by atoms with Crippen molar-refractivity contribution in [3.63, 3.8) is 0 Å². The van der Waals surface area contributed by atoms with Crippen LogP contribution in [0.5, 0.6) is 0 Å². The van der Waals surface area contributed by atoms with Gasteiger partial charge in [0.15, 0.2) is 5.78 Å². The van der Waals surface area contributed by atoms with E-state index in [2.05, 4.69) is 9.50 Å². The molecule has 1 aromatic carbocycles. The zero-order chi connectivity index (χ0) is 17.9. The monoisotopic (exact) mass is 367 g/mol. The van der Waals surface area contributed by atoms with Crippen molar-refractivity contribution in [3.05, 3.63) is 41.0 Å². The number of ketones is 1. The molecule has 0 aliphatic heterocycles. The van der Waals surface area contributed by atoms with E-state index in [4.69, 9.17) is 5.73 Å². The zero-order valence-corrected chi connectivity index (χ0v) is 14.6. The molecule has 0 radical (unpaired) electrons. The summed E-state index contributed by atoms with van der Waals surface area (Å²) in [6, 6.07) is 7.51. The Labute approximate surface area is 145 Å². The Hall–Kier alpha value is -2.07. The van der Waals surface area contributed by atoms with Gasteiger partial charge in [-0.05, 0) is 30.5 Å². The Morgan fingerprint density at radius 3 is 2.46 bits per heavy atom. The van der Waals surface area contributed by atoms with Crippen LogP contribution in [0.2, 0.25) is 0 Å². The fourth-order valence-corrected chi connectivity index (χ4v) is 3.68. The van der Waals surface area contributed by atoms with Crippen molar-refractivity contribution in [3.8, 4) is 10.4 Å². The minimum absolute atomic E-state index is 0.243. The van der Waals surface area contributed by atoms with Gasteiger partial charge in [0.2, 0.25) is 0 Å². The summed E-state index contributed by atoms with van der Waals surface area (Å²) < 4.78 is 24.9. The highest BCUT2D eigenvalue weighted by molar-refractivity contribution is 7.74. The third-order valence-electron chi connectivity index (χ3n) is 3.31. The lowest BCUT2D eigenvalue weighted by Crippen LogP contribution is -2.15. The number of Topliss-reactive ketones (excluding diaryl/α,β-unsaturated/α-hetero) is 1. The van der Waals surface area contributed by atoms with Crippen molar-refractivity contribution in [2.24, 2.45) is 5.73 Å². The number of carbonyl (C=O) groups excluding carboxylic acids is 2. The van der Waals surface area contributed by atoms with Crippen LogP contribution in [0.3, 0.4) is 0 Å². The topological polar surface area (TPSA) is 122 Å². The number of hydrogen-bond acceptors (Lipinski definition) is 7. The molecule has 24 heavy (non-hydrogen) atoms. The Bertz CT molecular complexity index is 799. The number of amides is 1. The molecule has 1 unspecified atom stereocenters. The molecule has 0 bridgehead atoms. The molecule has 1 aromatic heterocycles. The van der Waals surface area contributed by atoms with E-state index in [0.29, 0.717) is 17.7 Å². The van der Waals surface area contributed by atoms with Crippen molar-refractivity contribution in [2.75, 3.05) is 5.32 Å². The van der Waals surface area contributed by atoms with E-state index in [1.54, 1.807) is 6.92 Å². The SMILES string of the molecule is CC(=O)c1c(NC(=O)OS(=O)[O-])sc(-c2ccc(CN)cc2)c1C. The number of rotatable bonds is 5. The molecule has 128 valence electrons. The molecule has 3 N–H and O–H groups in total. The Kier molecular flexibility index (Phi) is 5.84. The molecule has 0 spiro atoms. The molecule has 2 rings (SSSR count). The number of carbonyl (C=O) groups is 2. The van der Waals surface area contributed by atoms with Gasteiger partial charge >= 0.3 is 6.09 Å². The number of nitrogens with one attached hydrogen (secondary N) is 1. The van der Waals surface area contributed by atoms with Crippen LogP contribution in [0.15, 0.2) is 24.3 Å². The number of benzene rings is 1. The fraction of sp³-hybridized carbons (Fsp3) is 0.200. The molecule has 1 amide bonds. The van der Waals surface area contributed by atoms with Crippen LogP contribution < -0.4 is 11.1 Å². The van der Waals surface area contributed by atoms with Crippen LogP contribution in [-0.2, 0) is 22.1 Å². The van der Waals surface area contributed by atoms with E-state index in [1.165, 1.54) is 18.3 Å². The average molecular weight is 367 g/mol. The highest BCUT2D eigenvalue weighted by Crippen LogP contribution is 2.40. The molecule has 0 saturated carbocycles. The third-order valence-corrected chi connectivity index (χ3v) is 4.85. The second-order valence-electron chi connectivity index (χ2n) is 4.92. The lowest BCUT2D eigenvalue weighted by Gasteiger charge is -2.07. The fourth-order valence-electron chi connectivity index (χ4n) is 2.27. The third kappa shape index (κ3) is 4.06. The zero-order valence-electron chi connectivity index (χ0n) is 13.0. The van der Waals surface area contributed by atoms with Crippen LogP contribution in [0, 0.1) is 6.92 Å². The minimum Gasteiger partial charge on any atom is -0.740 e. The average Bonchev–Trinajstić information content (AvgIpc) is 2.82. The van der Waals surface area contributed by atoms with Gasteiger partial charge in [0.25, 0.3) is 0 Å². The Morgan fingerprint density at radius 1 is 1.33 bits per heavy atom. The van der Waals surface area contributed by atoms with E-state index < -0.39 is 17.5 Å². The van der Waals surface area contributed by atoms with Gasteiger partial charge in [-0.1, -0.05) is 24.3 Å². The lowest BCUT2D eigenvalue weighted by molar-refractivity contribution is 0.101. The normalized spacial score (nSPS) is 11.8. The van der Waals surface area contributed by atoms with E-state index in [9.17, 15) is 18.4 Å². The van der Waals surface area contributed by atoms with Gasteiger partial charge in [0, 0.05) is 11.4 Å². The summed E-state index contributed by atoms with van der Waals surface area (Å²) in [6.45, 7) is 3.56. The molecular formula is C15H15N2O5S2-. The summed E-state index contributed by atoms with van der Waals surface area (Å²) in [7, 11) is 0. The van der Waals surface area contributed by atoms with Gasteiger partial charge in [-0.2, -0.15) is 0 Å². The van der Waals surface area contributed by atoms with Crippen LogP contribution >= 0.6 is 11.3 Å². The van der Waals surface area contributed by atoms with Gasteiger partial charge in [-0.25, -0.2) is 9.00 Å². The molecule has 0 aliphatic rings. The maximum Gasteiger partial charge on any atom is 0.425 e. The minimum atomic E-state index is -2.98. The summed E-state index contributed by atoms with van der Waals surface area (Å²) in [5, 5.41) is 2.54. The van der Waals surface area contributed by atoms with E-state index in [-0.39, 0.29) is 10.8 Å². The number of nitrogens with two attached hydrogens (primary N) is 1. The first-order valence-corrected chi connectivity index (χ1v) is 8.67. The van der Waals surface area contributed by atoms with Crippen LogP contribution in [0.4, 0.5) is 9.80 Å². The quantitative estimate of drug-likeness (QED) is 0.619. The maximum absolute atomic E-state index is 11.9. The molecule has 7 nitrogen and oxygen atoms in total. The van der Waals surface area contributed by atoms with Gasteiger partial charge in [-0.3, -0.25) is 10.1 Å². The second-order valence-corrected chi connectivity index (χ2v) is 6.51. The molecule has 0 aliphatic carbocycles. The molecule has 0 saturated heterocycles.